The van der Waals surface area contributed by atoms with Crippen LogP contribution >= 0.6 is 0 Å². The van der Waals surface area contributed by atoms with Crippen molar-refractivity contribution < 1.29 is 4.74 Å². The third-order valence-corrected chi connectivity index (χ3v) is 2.40. The van der Waals surface area contributed by atoms with Gasteiger partial charge in [-0.15, -0.1) is 0 Å². The molecule has 0 fully saturated rings. The van der Waals surface area contributed by atoms with Gasteiger partial charge >= 0.3 is 0 Å². The molecule has 0 amide bonds. The van der Waals surface area contributed by atoms with Crippen LogP contribution in [0.1, 0.15) is 46.1 Å². The molecule has 1 heteroatoms. The summed E-state index contributed by atoms with van der Waals surface area (Å²) in [4.78, 5) is 0. The van der Waals surface area contributed by atoms with E-state index in [0.717, 1.165) is 18.8 Å². The van der Waals surface area contributed by atoms with E-state index < -0.39 is 0 Å². The topological polar surface area (TPSA) is 9.23 Å². The van der Waals surface area contributed by atoms with Crippen LogP contribution < -0.4 is 4.74 Å². The van der Waals surface area contributed by atoms with Gasteiger partial charge in [-0.1, -0.05) is 46.2 Å². The average molecular weight is 205 g/mol. The van der Waals surface area contributed by atoms with E-state index >= 15 is 0 Å². The van der Waals surface area contributed by atoms with E-state index in [2.05, 4.69) is 45.9 Å². The summed E-state index contributed by atoms with van der Waals surface area (Å²) in [6, 6.07) is 9.26. The van der Waals surface area contributed by atoms with Crippen molar-refractivity contribution in [1.82, 2.24) is 0 Å². The molecule has 0 saturated carbocycles. The van der Waals surface area contributed by atoms with Crippen LogP contribution in [0.15, 0.2) is 18.2 Å². The molecule has 1 aromatic carbocycles. The Kier molecular flexibility index (Phi) is 4.19. The highest BCUT2D eigenvalue weighted by atomic mass is 16.5. The van der Waals surface area contributed by atoms with Crippen molar-refractivity contribution >= 4 is 0 Å². The minimum Gasteiger partial charge on any atom is -0.493 e. The zero-order valence-electron chi connectivity index (χ0n) is 10.3. The van der Waals surface area contributed by atoms with Gasteiger partial charge in [0.2, 0.25) is 0 Å². The highest BCUT2D eigenvalue weighted by molar-refractivity contribution is 5.31. The van der Waals surface area contributed by atoms with Crippen molar-refractivity contribution in [2.24, 2.45) is 0 Å². The summed E-state index contributed by atoms with van der Waals surface area (Å²) in [6.07, 6.45) is 2.27. The largest absolute Gasteiger partial charge is 0.493 e. The minimum atomic E-state index is 0.179. The first kappa shape index (κ1) is 12.1. The van der Waals surface area contributed by atoms with E-state index in [1.165, 1.54) is 12.0 Å². The lowest BCUT2D eigenvalue weighted by molar-refractivity contribution is 0.308. The van der Waals surface area contributed by atoms with Gasteiger partial charge in [0.1, 0.15) is 5.75 Å². The molecule has 0 aliphatic heterocycles. The van der Waals surface area contributed by atoms with Crippen LogP contribution in [0.3, 0.4) is 0 Å². The monoisotopic (exact) mass is 205 g/mol. The van der Waals surface area contributed by atoms with Crippen LogP contribution in [0.2, 0.25) is 0 Å². The quantitative estimate of drug-likeness (QED) is 0.676. The van der Waals surface area contributed by atoms with E-state index in [0.29, 0.717) is 0 Å². The fourth-order valence-electron chi connectivity index (χ4n) is 1.32. The maximum atomic E-state index is 5.63. The fraction of sp³-hybridized carbons (Fsp3) is 0.571. The normalized spacial score (nSPS) is 11.5. The number of unbranched alkanes of at least 4 members (excludes halogenated alkanes) is 1. The second kappa shape index (κ2) is 5.20. The van der Waals surface area contributed by atoms with Crippen molar-refractivity contribution in [3.8, 4) is 5.75 Å². The molecule has 1 aromatic rings. The molecule has 0 aliphatic rings. The number of benzene rings is 1. The molecule has 83 valence electrons. The smallest absolute Gasteiger partial charge is 0.127 e. The second-order valence-corrected chi connectivity index (χ2v) is 4.89. The molecular weight excluding hydrogens is 184 g/mol. The summed E-state index contributed by atoms with van der Waals surface area (Å²) in [5, 5.41) is 0. The van der Waals surface area contributed by atoms with Gasteiger partial charge in [0.15, 0.2) is 0 Å². The molecule has 1 radical (unpaired) electrons. The van der Waals surface area contributed by atoms with Crippen molar-refractivity contribution in [2.45, 2.75) is 46.0 Å². The van der Waals surface area contributed by atoms with E-state index in [1.807, 2.05) is 6.07 Å². The Hall–Kier alpha value is -0.980. The highest BCUT2D eigenvalue weighted by Gasteiger charge is 2.13. The van der Waals surface area contributed by atoms with Gasteiger partial charge in [0.05, 0.1) is 6.61 Å². The van der Waals surface area contributed by atoms with E-state index in [9.17, 15) is 0 Å². The first-order valence-electron chi connectivity index (χ1n) is 5.69. The summed E-state index contributed by atoms with van der Waals surface area (Å²) in [6.45, 7) is 9.58. The maximum Gasteiger partial charge on any atom is 0.127 e. The zero-order valence-corrected chi connectivity index (χ0v) is 10.3. The lowest BCUT2D eigenvalue weighted by Crippen LogP contribution is -2.11. The summed E-state index contributed by atoms with van der Waals surface area (Å²) in [5.41, 5.74) is 1.48. The van der Waals surface area contributed by atoms with Gasteiger partial charge in [-0.2, -0.15) is 0 Å². The predicted molar refractivity (Wildman–Crippen MR) is 64.4 cm³/mol. The fourth-order valence-corrected chi connectivity index (χ4v) is 1.32. The van der Waals surface area contributed by atoms with E-state index in [4.69, 9.17) is 4.74 Å². The van der Waals surface area contributed by atoms with Crippen molar-refractivity contribution in [3.63, 3.8) is 0 Å². The number of hydrogen-bond acceptors (Lipinski definition) is 1. The number of hydrogen-bond donors (Lipinski definition) is 0. The molecule has 0 bridgehead atoms. The lowest BCUT2D eigenvalue weighted by Gasteiger charge is -2.19. The Balaban J connectivity index is 2.66. The van der Waals surface area contributed by atoms with Gasteiger partial charge in [0, 0.05) is 6.07 Å². The highest BCUT2D eigenvalue weighted by Crippen LogP contribution is 2.25. The van der Waals surface area contributed by atoms with Crippen LogP contribution in [0.25, 0.3) is 0 Å². The molecule has 0 spiro atoms. The number of ether oxygens (including phenoxy) is 1. The Morgan fingerprint density at radius 2 is 2.07 bits per heavy atom. The van der Waals surface area contributed by atoms with Gasteiger partial charge in [0.25, 0.3) is 0 Å². The van der Waals surface area contributed by atoms with Crippen LogP contribution in [-0.4, -0.2) is 6.61 Å². The molecule has 0 saturated heterocycles. The molecule has 0 atom stereocenters. The Morgan fingerprint density at radius 1 is 1.33 bits per heavy atom. The summed E-state index contributed by atoms with van der Waals surface area (Å²) >= 11 is 0. The molecule has 0 unspecified atom stereocenters. The molecule has 1 nitrogen and oxygen atoms in total. The van der Waals surface area contributed by atoms with Crippen LogP contribution in [-0.2, 0) is 5.41 Å². The standard InChI is InChI=1S/C14H21O/c1-5-6-10-15-13-9-7-8-12(11-13)14(2,3)4/h7-8,11H,5-6,10H2,1-4H3. The van der Waals surface area contributed by atoms with Crippen molar-refractivity contribution in [2.75, 3.05) is 6.61 Å². The van der Waals surface area contributed by atoms with Gasteiger partial charge < -0.3 is 4.74 Å². The van der Waals surface area contributed by atoms with E-state index in [-0.39, 0.29) is 5.41 Å². The Morgan fingerprint density at radius 3 is 2.67 bits per heavy atom. The van der Waals surface area contributed by atoms with Crippen LogP contribution in [0.4, 0.5) is 0 Å². The van der Waals surface area contributed by atoms with Crippen LogP contribution in [0, 0.1) is 6.07 Å². The molecule has 0 aromatic heterocycles. The summed E-state index contributed by atoms with van der Waals surface area (Å²) in [7, 11) is 0. The van der Waals surface area contributed by atoms with Crippen molar-refractivity contribution in [1.29, 1.82) is 0 Å². The molecule has 0 heterocycles. The summed E-state index contributed by atoms with van der Waals surface area (Å²) < 4.78 is 5.63. The molecule has 0 N–H and O–H groups in total. The molecule has 1 rings (SSSR count). The lowest BCUT2D eigenvalue weighted by atomic mass is 9.87. The second-order valence-electron chi connectivity index (χ2n) is 4.89. The predicted octanol–water partition coefficient (Wildman–Crippen LogP) is 3.96. The zero-order chi connectivity index (χ0) is 11.3. The molecule has 0 aliphatic carbocycles. The van der Waals surface area contributed by atoms with Gasteiger partial charge in [-0.3, -0.25) is 0 Å². The average Bonchev–Trinajstić information content (AvgIpc) is 2.17. The summed E-state index contributed by atoms with van der Waals surface area (Å²) in [5.74, 6) is 0.871. The number of rotatable bonds is 4. The SMILES string of the molecule is CCCCOc1[c]ccc(C(C)(C)C)c1. The first-order chi connectivity index (χ1) is 7.04. The van der Waals surface area contributed by atoms with Crippen molar-refractivity contribution in [3.05, 3.63) is 29.8 Å². The maximum absolute atomic E-state index is 5.63. The van der Waals surface area contributed by atoms with Gasteiger partial charge in [-0.05, 0) is 23.5 Å². The molecular formula is C14H21O. The Bertz CT molecular complexity index is 296. The van der Waals surface area contributed by atoms with Gasteiger partial charge in [-0.25, -0.2) is 0 Å². The third-order valence-electron chi connectivity index (χ3n) is 2.40. The van der Waals surface area contributed by atoms with Crippen LogP contribution in [0.5, 0.6) is 5.75 Å². The van der Waals surface area contributed by atoms with E-state index in [1.54, 1.807) is 0 Å². The Labute approximate surface area is 93.5 Å². The minimum absolute atomic E-state index is 0.179. The third kappa shape index (κ3) is 3.94. The first-order valence-corrected chi connectivity index (χ1v) is 5.69. The molecule has 15 heavy (non-hydrogen) atoms.